The highest BCUT2D eigenvalue weighted by Crippen LogP contribution is 2.49. The van der Waals surface area contributed by atoms with Gasteiger partial charge in [0.05, 0.1) is 27.9 Å². The molecule has 0 unspecified atom stereocenters. The van der Waals surface area contributed by atoms with Gasteiger partial charge in [-0.25, -0.2) is 4.98 Å². The van der Waals surface area contributed by atoms with Crippen molar-refractivity contribution in [2.45, 2.75) is 19.3 Å². The summed E-state index contributed by atoms with van der Waals surface area (Å²) in [6, 6.07) is 36.8. The second-order valence-electron chi connectivity index (χ2n) is 11.3. The lowest BCUT2D eigenvalue weighted by Gasteiger charge is -2.22. The third-order valence-electron chi connectivity index (χ3n) is 8.75. The van der Waals surface area contributed by atoms with Gasteiger partial charge >= 0.3 is 0 Å². The molecule has 0 aliphatic heterocycles. The number of para-hydroxylation sites is 1. The molecule has 2 heterocycles. The van der Waals surface area contributed by atoms with Crippen LogP contribution in [0.5, 0.6) is 0 Å². The Kier molecular flexibility index (Phi) is 4.81. The third kappa shape index (κ3) is 3.26. The first-order valence-electron chi connectivity index (χ1n) is 13.7. The fraction of sp³-hybridized carbons (Fsp3) is 0.0833. The zero-order valence-electron chi connectivity index (χ0n) is 22.6. The van der Waals surface area contributed by atoms with Crippen molar-refractivity contribution in [1.82, 2.24) is 9.38 Å². The summed E-state index contributed by atoms with van der Waals surface area (Å²) in [6.45, 7) is 4.48. The monoisotopic (exact) mass is 531 g/mol. The molecule has 41 heavy (non-hydrogen) atoms. The first-order valence-corrected chi connectivity index (χ1v) is 13.7. The van der Waals surface area contributed by atoms with Gasteiger partial charge in [-0.15, -0.1) is 0 Å². The van der Waals surface area contributed by atoms with E-state index in [1.807, 2.05) is 42.5 Å². The number of benzene rings is 5. The molecule has 0 saturated heterocycles. The Balaban J connectivity index is 1.32. The number of nitro groups is 1. The number of hydrogen-bond donors (Lipinski definition) is 0. The SMILES string of the molecule is CC1(C)c2ccccc2-c2ccc(-c3ccc(-c4cnc5c6ccccc6c6ccccc6n45)c([N+](=O)[O-])c3)cc21. The number of pyridine rings is 1. The van der Waals surface area contributed by atoms with Crippen LogP contribution in [-0.4, -0.2) is 14.3 Å². The zero-order chi connectivity index (χ0) is 27.9. The fourth-order valence-electron chi connectivity index (χ4n) is 6.75. The molecule has 1 aliphatic carbocycles. The van der Waals surface area contributed by atoms with Gasteiger partial charge in [-0.3, -0.25) is 14.5 Å². The molecule has 5 nitrogen and oxygen atoms in total. The van der Waals surface area contributed by atoms with Crippen molar-refractivity contribution in [3.05, 3.63) is 137 Å². The first-order chi connectivity index (χ1) is 19.9. The molecule has 0 spiro atoms. The second-order valence-corrected chi connectivity index (χ2v) is 11.3. The minimum atomic E-state index is -0.283. The van der Waals surface area contributed by atoms with Crippen LogP contribution < -0.4 is 0 Å². The number of hydrogen-bond acceptors (Lipinski definition) is 3. The smallest absolute Gasteiger partial charge is 0.279 e. The molecule has 1 aliphatic rings. The molecule has 0 radical (unpaired) electrons. The fourth-order valence-corrected chi connectivity index (χ4v) is 6.75. The van der Waals surface area contributed by atoms with E-state index in [-0.39, 0.29) is 16.0 Å². The highest BCUT2D eigenvalue weighted by molar-refractivity contribution is 6.12. The van der Waals surface area contributed by atoms with Gasteiger partial charge in [0.25, 0.3) is 5.69 Å². The van der Waals surface area contributed by atoms with Crippen molar-refractivity contribution in [2.24, 2.45) is 0 Å². The van der Waals surface area contributed by atoms with Gasteiger partial charge in [0.1, 0.15) is 5.65 Å². The van der Waals surface area contributed by atoms with Crippen LogP contribution in [-0.2, 0) is 5.41 Å². The molecule has 0 bridgehead atoms. The van der Waals surface area contributed by atoms with Crippen LogP contribution >= 0.6 is 0 Å². The van der Waals surface area contributed by atoms with E-state index in [0.717, 1.165) is 38.4 Å². The Bertz CT molecular complexity index is 2220. The van der Waals surface area contributed by atoms with E-state index >= 15 is 0 Å². The summed E-state index contributed by atoms with van der Waals surface area (Å²) < 4.78 is 2.05. The third-order valence-corrected chi connectivity index (χ3v) is 8.75. The van der Waals surface area contributed by atoms with Gasteiger partial charge in [0.2, 0.25) is 0 Å². The number of rotatable bonds is 3. The number of aromatic nitrogens is 2. The highest BCUT2D eigenvalue weighted by Gasteiger charge is 2.35. The predicted molar refractivity (Wildman–Crippen MR) is 165 cm³/mol. The number of imidazole rings is 1. The molecule has 0 N–H and O–H groups in total. The Morgan fingerprint density at radius 2 is 1.32 bits per heavy atom. The second kappa shape index (κ2) is 8.35. The Hall–Kier alpha value is -5.29. The molecule has 196 valence electrons. The van der Waals surface area contributed by atoms with Crippen LogP contribution in [0.25, 0.3) is 60.8 Å². The molecule has 5 heteroatoms. The van der Waals surface area contributed by atoms with Gasteiger partial charge in [-0.2, -0.15) is 0 Å². The van der Waals surface area contributed by atoms with Gasteiger partial charge in [0.15, 0.2) is 0 Å². The Morgan fingerprint density at radius 1 is 0.683 bits per heavy atom. The molecule has 0 atom stereocenters. The van der Waals surface area contributed by atoms with Gasteiger partial charge in [-0.05, 0) is 57.0 Å². The number of fused-ring (bicyclic) bond motifs is 9. The predicted octanol–water partition coefficient (Wildman–Crippen LogP) is 9.19. The van der Waals surface area contributed by atoms with Gasteiger partial charge < -0.3 is 0 Å². The molecule has 5 aromatic carbocycles. The quantitative estimate of drug-likeness (QED) is 0.130. The van der Waals surface area contributed by atoms with Crippen molar-refractivity contribution in [3.63, 3.8) is 0 Å². The van der Waals surface area contributed by atoms with Gasteiger partial charge in [-0.1, -0.05) is 98.8 Å². The highest BCUT2D eigenvalue weighted by atomic mass is 16.6. The maximum Gasteiger partial charge on any atom is 0.279 e. The summed E-state index contributed by atoms with van der Waals surface area (Å²) in [5.74, 6) is 0. The van der Waals surface area contributed by atoms with Crippen LogP contribution in [0.15, 0.2) is 115 Å². The first kappa shape index (κ1) is 23.6. The van der Waals surface area contributed by atoms with Crippen molar-refractivity contribution < 1.29 is 4.92 Å². The lowest BCUT2D eigenvalue weighted by atomic mass is 9.81. The lowest BCUT2D eigenvalue weighted by Crippen LogP contribution is -2.14. The summed E-state index contributed by atoms with van der Waals surface area (Å²) in [4.78, 5) is 17.0. The lowest BCUT2D eigenvalue weighted by molar-refractivity contribution is -0.384. The largest absolute Gasteiger partial charge is 0.291 e. The average Bonchev–Trinajstić information content (AvgIpc) is 3.55. The van der Waals surface area contributed by atoms with Crippen molar-refractivity contribution in [2.75, 3.05) is 0 Å². The maximum atomic E-state index is 12.5. The number of nitro benzene ring substituents is 1. The van der Waals surface area contributed by atoms with Crippen LogP contribution in [0, 0.1) is 10.1 Å². The van der Waals surface area contributed by atoms with Crippen LogP contribution in [0.3, 0.4) is 0 Å². The molecule has 2 aromatic heterocycles. The molecular weight excluding hydrogens is 506 g/mol. The van der Waals surface area contributed by atoms with E-state index in [9.17, 15) is 10.1 Å². The van der Waals surface area contributed by atoms with Crippen molar-refractivity contribution in [1.29, 1.82) is 0 Å². The van der Waals surface area contributed by atoms with Crippen LogP contribution in [0.2, 0.25) is 0 Å². The molecular formula is C36H25N3O2. The van der Waals surface area contributed by atoms with E-state index in [1.54, 1.807) is 12.3 Å². The summed E-state index contributed by atoms with van der Waals surface area (Å²) in [6.07, 6.45) is 1.76. The van der Waals surface area contributed by atoms with Crippen LogP contribution in [0.1, 0.15) is 25.0 Å². The normalized spacial score (nSPS) is 13.5. The molecule has 0 amide bonds. The van der Waals surface area contributed by atoms with E-state index in [4.69, 9.17) is 4.98 Å². The minimum Gasteiger partial charge on any atom is -0.291 e. The zero-order valence-corrected chi connectivity index (χ0v) is 22.6. The Morgan fingerprint density at radius 3 is 2.12 bits per heavy atom. The number of nitrogens with zero attached hydrogens (tertiary/aromatic N) is 3. The topological polar surface area (TPSA) is 60.4 Å². The average molecular weight is 532 g/mol. The molecule has 0 saturated carbocycles. The van der Waals surface area contributed by atoms with E-state index in [0.29, 0.717) is 11.3 Å². The van der Waals surface area contributed by atoms with Crippen molar-refractivity contribution >= 4 is 33.0 Å². The molecule has 7 aromatic rings. The standard InChI is InChI=1S/C36H25N3O2/c1-36(2)30-13-7-5-10-25(30)26-17-15-22(19-31(26)36)23-16-18-29(33(20-23)39(40)41)34-21-37-35-28-12-4-3-9-24(28)27-11-6-8-14-32(27)38(34)35/h3-21H,1-2H3. The minimum absolute atomic E-state index is 0.0598. The van der Waals surface area contributed by atoms with E-state index in [2.05, 4.69) is 78.9 Å². The van der Waals surface area contributed by atoms with Crippen LogP contribution in [0.4, 0.5) is 5.69 Å². The summed E-state index contributed by atoms with van der Waals surface area (Å²) in [5.41, 5.74) is 9.72. The molecule has 8 rings (SSSR count). The van der Waals surface area contributed by atoms with E-state index < -0.39 is 0 Å². The Labute approximate surface area is 236 Å². The van der Waals surface area contributed by atoms with Gasteiger partial charge in [0, 0.05) is 22.3 Å². The summed E-state index contributed by atoms with van der Waals surface area (Å²) >= 11 is 0. The van der Waals surface area contributed by atoms with E-state index in [1.165, 1.54) is 22.3 Å². The molecule has 0 fully saturated rings. The summed E-state index contributed by atoms with van der Waals surface area (Å²) in [7, 11) is 0. The maximum absolute atomic E-state index is 12.5. The summed E-state index contributed by atoms with van der Waals surface area (Å²) in [5, 5.41) is 15.7. The van der Waals surface area contributed by atoms with Crippen molar-refractivity contribution in [3.8, 4) is 33.5 Å².